The summed E-state index contributed by atoms with van der Waals surface area (Å²) < 4.78 is 2.34. The molecule has 0 aliphatic carbocycles. The lowest BCUT2D eigenvalue weighted by molar-refractivity contribution is 0.226. The maximum atomic E-state index is 4.60. The summed E-state index contributed by atoms with van der Waals surface area (Å²) in [4.78, 5) is 7.11. The molecule has 0 fully saturated rings. The van der Waals surface area contributed by atoms with Gasteiger partial charge in [0.15, 0.2) is 0 Å². The molecule has 1 aliphatic heterocycles. The van der Waals surface area contributed by atoms with E-state index in [-0.39, 0.29) is 0 Å². The third kappa shape index (κ3) is 3.27. The zero-order chi connectivity index (χ0) is 15.5. The Morgan fingerprint density at radius 3 is 2.77 bits per heavy atom. The fourth-order valence-electron chi connectivity index (χ4n) is 2.84. The Morgan fingerprint density at radius 1 is 1.18 bits per heavy atom. The maximum Gasteiger partial charge on any atom is 0.148 e. The zero-order valence-corrected chi connectivity index (χ0v) is 13.6. The lowest BCUT2D eigenvalue weighted by Crippen LogP contribution is -2.33. The molecule has 2 aromatic rings. The van der Waals surface area contributed by atoms with Gasteiger partial charge in [-0.15, -0.1) is 5.10 Å². The van der Waals surface area contributed by atoms with Crippen LogP contribution in [0.3, 0.4) is 0 Å². The van der Waals surface area contributed by atoms with Crippen LogP contribution in [0.1, 0.15) is 31.1 Å². The second kappa shape index (κ2) is 6.44. The van der Waals surface area contributed by atoms with Crippen molar-refractivity contribution in [3.05, 3.63) is 35.5 Å². The number of fused-ring (bicyclic) bond motifs is 1. The Bertz CT molecular complexity index is 616. The van der Waals surface area contributed by atoms with Crippen LogP contribution in [0.4, 0.5) is 5.82 Å². The van der Waals surface area contributed by atoms with Crippen LogP contribution in [0.2, 0.25) is 0 Å². The summed E-state index contributed by atoms with van der Waals surface area (Å²) in [7, 11) is 0. The molecular weight excluding hydrogens is 276 g/mol. The van der Waals surface area contributed by atoms with Gasteiger partial charge in [0.2, 0.25) is 0 Å². The predicted molar refractivity (Wildman–Crippen MR) is 86.7 cm³/mol. The van der Waals surface area contributed by atoms with Crippen LogP contribution in [-0.4, -0.2) is 43.8 Å². The van der Waals surface area contributed by atoms with E-state index in [4.69, 9.17) is 0 Å². The van der Waals surface area contributed by atoms with Gasteiger partial charge in [-0.2, -0.15) is 5.10 Å². The lowest BCUT2D eigenvalue weighted by atomic mass is 10.3. The molecule has 0 unspecified atom stereocenters. The number of nitrogens with zero attached hydrogens (tertiary/aromatic N) is 5. The first-order valence-corrected chi connectivity index (χ1v) is 7.95. The zero-order valence-electron chi connectivity index (χ0n) is 13.6. The van der Waals surface area contributed by atoms with E-state index in [0.29, 0.717) is 6.04 Å². The van der Waals surface area contributed by atoms with Crippen LogP contribution < -0.4 is 5.32 Å². The summed E-state index contributed by atoms with van der Waals surface area (Å²) in [5.41, 5.74) is 2.14. The second-order valence-corrected chi connectivity index (χ2v) is 6.11. The van der Waals surface area contributed by atoms with Crippen molar-refractivity contribution in [1.29, 1.82) is 0 Å². The smallest absolute Gasteiger partial charge is 0.148 e. The average Bonchev–Trinajstić information content (AvgIpc) is 2.76. The van der Waals surface area contributed by atoms with E-state index in [1.54, 1.807) is 0 Å². The molecule has 2 aromatic heterocycles. The predicted octanol–water partition coefficient (Wildman–Crippen LogP) is 1.86. The molecule has 6 nitrogen and oxygen atoms in total. The van der Waals surface area contributed by atoms with Crippen molar-refractivity contribution >= 4 is 5.82 Å². The van der Waals surface area contributed by atoms with Crippen LogP contribution in [0.5, 0.6) is 0 Å². The van der Waals surface area contributed by atoms with Crippen LogP contribution in [0, 0.1) is 6.92 Å². The van der Waals surface area contributed by atoms with Crippen molar-refractivity contribution < 1.29 is 0 Å². The summed E-state index contributed by atoms with van der Waals surface area (Å²) >= 11 is 0. The van der Waals surface area contributed by atoms with E-state index in [0.717, 1.165) is 44.1 Å². The third-order valence-corrected chi connectivity index (χ3v) is 4.23. The average molecular weight is 300 g/mol. The van der Waals surface area contributed by atoms with Crippen molar-refractivity contribution in [3.8, 4) is 0 Å². The first kappa shape index (κ1) is 15.0. The molecule has 118 valence electrons. The van der Waals surface area contributed by atoms with Gasteiger partial charge in [0.25, 0.3) is 0 Å². The van der Waals surface area contributed by atoms with E-state index in [2.05, 4.69) is 43.8 Å². The van der Waals surface area contributed by atoms with Crippen LogP contribution in [0.15, 0.2) is 18.3 Å². The van der Waals surface area contributed by atoms with Gasteiger partial charge in [0.05, 0.1) is 24.1 Å². The lowest BCUT2D eigenvalue weighted by Gasteiger charge is -2.23. The Morgan fingerprint density at radius 2 is 2.05 bits per heavy atom. The SMILES string of the molecule is Cc1ccc(NCc2cnc3n2CCN(C(C)C)CC3)nn1. The summed E-state index contributed by atoms with van der Waals surface area (Å²) in [5, 5.41) is 11.5. The summed E-state index contributed by atoms with van der Waals surface area (Å²) in [5.74, 6) is 1.99. The largest absolute Gasteiger partial charge is 0.363 e. The van der Waals surface area contributed by atoms with Crippen LogP contribution in [0.25, 0.3) is 0 Å². The molecule has 0 radical (unpaired) electrons. The normalized spacial score (nSPS) is 15.6. The van der Waals surface area contributed by atoms with Crippen LogP contribution in [-0.2, 0) is 19.5 Å². The van der Waals surface area contributed by atoms with Crippen molar-refractivity contribution in [3.63, 3.8) is 0 Å². The molecule has 0 bridgehead atoms. The quantitative estimate of drug-likeness (QED) is 0.934. The number of nitrogens with one attached hydrogen (secondary N) is 1. The first-order valence-electron chi connectivity index (χ1n) is 7.95. The van der Waals surface area contributed by atoms with Gasteiger partial charge >= 0.3 is 0 Å². The fourth-order valence-corrected chi connectivity index (χ4v) is 2.84. The van der Waals surface area contributed by atoms with Crippen LogP contribution >= 0.6 is 0 Å². The number of hydrogen-bond acceptors (Lipinski definition) is 5. The highest BCUT2D eigenvalue weighted by Crippen LogP contribution is 2.14. The minimum Gasteiger partial charge on any atom is -0.363 e. The number of aromatic nitrogens is 4. The van der Waals surface area contributed by atoms with Crippen molar-refractivity contribution in [1.82, 2.24) is 24.6 Å². The van der Waals surface area contributed by atoms with Gasteiger partial charge < -0.3 is 9.88 Å². The Hall–Kier alpha value is -1.95. The topological polar surface area (TPSA) is 58.9 Å². The van der Waals surface area contributed by atoms with E-state index < -0.39 is 0 Å². The Balaban J connectivity index is 1.67. The van der Waals surface area contributed by atoms with Gasteiger partial charge in [0, 0.05) is 32.1 Å². The molecule has 1 aliphatic rings. The molecular formula is C16H24N6. The molecule has 1 N–H and O–H groups in total. The highest BCUT2D eigenvalue weighted by molar-refractivity contribution is 5.33. The molecule has 0 aromatic carbocycles. The standard InChI is InChI=1S/C16H24N6/c1-12(2)21-7-6-16-18-11-14(22(16)9-8-21)10-17-15-5-4-13(3)19-20-15/h4-5,11-12H,6-10H2,1-3H3,(H,17,20). The molecule has 6 heteroatoms. The monoisotopic (exact) mass is 300 g/mol. The van der Waals surface area contributed by atoms with E-state index in [9.17, 15) is 0 Å². The number of aryl methyl sites for hydroxylation is 1. The van der Waals surface area contributed by atoms with Gasteiger partial charge in [-0.05, 0) is 32.9 Å². The Kier molecular flexibility index (Phi) is 4.38. The highest BCUT2D eigenvalue weighted by Gasteiger charge is 2.18. The molecule has 3 rings (SSSR count). The first-order chi connectivity index (χ1) is 10.6. The van der Waals surface area contributed by atoms with E-state index in [1.807, 2.05) is 25.3 Å². The summed E-state index contributed by atoms with van der Waals surface area (Å²) in [6.45, 7) is 10.4. The molecule has 0 atom stereocenters. The number of hydrogen-bond donors (Lipinski definition) is 1. The molecule has 0 amide bonds. The minimum absolute atomic E-state index is 0.592. The number of rotatable bonds is 4. The summed E-state index contributed by atoms with van der Waals surface area (Å²) in [6.07, 6.45) is 3.00. The van der Waals surface area contributed by atoms with E-state index >= 15 is 0 Å². The van der Waals surface area contributed by atoms with Crippen molar-refractivity contribution in [2.24, 2.45) is 0 Å². The highest BCUT2D eigenvalue weighted by atomic mass is 15.2. The Labute approximate surface area is 131 Å². The molecule has 0 saturated carbocycles. The van der Waals surface area contributed by atoms with Gasteiger partial charge in [0.1, 0.15) is 11.6 Å². The minimum atomic E-state index is 0.592. The number of imidazole rings is 1. The second-order valence-electron chi connectivity index (χ2n) is 6.11. The third-order valence-electron chi connectivity index (χ3n) is 4.23. The van der Waals surface area contributed by atoms with Crippen molar-refractivity contribution in [2.75, 3.05) is 18.4 Å². The number of anilines is 1. The molecule has 0 spiro atoms. The molecule has 22 heavy (non-hydrogen) atoms. The fraction of sp³-hybridized carbons (Fsp3) is 0.562. The summed E-state index contributed by atoms with van der Waals surface area (Å²) in [6, 6.07) is 4.52. The molecule has 0 saturated heterocycles. The van der Waals surface area contributed by atoms with Crippen molar-refractivity contribution in [2.45, 2.75) is 46.3 Å². The van der Waals surface area contributed by atoms with Gasteiger partial charge in [-0.3, -0.25) is 4.90 Å². The molecule has 3 heterocycles. The van der Waals surface area contributed by atoms with Gasteiger partial charge in [-0.25, -0.2) is 4.98 Å². The van der Waals surface area contributed by atoms with Gasteiger partial charge in [-0.1, -0.05) is 0 Å². The van der Waals surface area contributed by atoms with E-state index in [1.165, 1.54) is 11.5 Å². The maximum absolute atomic E-state index is 4.60.